The zero-order valence-corrected chi connectivity index (χ0v) is 18.0. The van der Waals surface area contributed by atoms with Gasteiger partial charge < -0.3 is 15.1 Å². The van der Waals surface area contributed by atoms with E-state index in [0.717, 1.165) is 55.2 Å². The van der Waals surface area contributed by atoms with Gasteiger partial charge >= 0.3 is 0 Å². The molecule has 0 aliphatic carbocycles. The molecule has 25 heavy (non-hydrogen) atoms. The number of aromatic nitrogens is 2. The van der Waals surface area contributed by atoms with Gasteiger partial charge in [-0.1, -0.05) is 6.07 Å². The van der Waals surface area contributed by atoms with Gasteiger partial charge in [-0.2, -0.15) is 0 Å². The van der Waals surface area contributed by atoms with Crippen molar-refractivity contribution in [2.75, 3.05) is 38.1 Å². The number of nitrogens with zero attached hydrogens (tertiary/aromatic N) is 5. The van der Waals surface area contributed by atoms with Crippen LogP contribution in [0, 0.1) is 13.8 Å². The summed E-state index contributed by atoms with van der Waals surface area (Å²) in [6, 6.07) is 6.06. The molecule has 3 rings (SSSR count). The highest BCUT2D eigenvalue weighted by Crippen LogP contribution is 2.17. The Morgan fingerprint density at radius 1 is 1.24 bits per heavy atom. The topological polar surface area (TPSA) is 56.7 Å². The lowest BCUT2D eigenvalue weighted by molar-refractivity contribution is 0.371. The lowest BCUT2D eigenvalue weighted by Gasteiger charge is -2.37. The number of anilines is 1. The molecule has 8 heteroatoms. The Bertz CT molecular complexity index is 694. The molecule has 2 aromatic rings. The average Bonchev–Trinajstić information content (AvgIpc) is 2.94. The van der Waals surface area contributed by atoms with Gasteiger partial charge in [-0.25, -0.2) is 9.97 Å². The fourth-order valence-electron chi connectivity index (χ4n) is 2.92. The van der Waals surface area contributed by atoms with Crippen LogP contribution in [-0.2, 0) is 6.54 Å². The lowest BCUT2D eigenvalue weighted by atomic mass is 10.3. The minimum Gasteiger partial charge on any atom is -0.353 e. The van der Waals surface area contributed by atoms with Gasteiger partial charge in [-0.05, 0) is 26.0 Å². The Kier molecular flexibility index (Phi) is 7.42. The highest BCUT2D eigenvalue weighted by Gasteiger charge is 2.20. The van der Waals surface area contributed by atoms with Crippen LogP contribution in [0.3, 0.4) is 0 Å². The molecule has 3 heterocycles. The summed E-state index contributed by atoms with van der Waals surface area (Å²) >= 11 is 1.75. The van der Waals surface area contributed by atoms with Crippen molar-refractivity contribution in [3.05, 3.63) is 40.0 Å². The molecule has 0 aromatic carbocycles. The van der Waals surface area contributed by atoms with Gasteiger partial charge in [-0.3, -0.25) is 4.99 Å². The van der Waals surface area contributed by atoms with Crippen molar-refractivity contribution in [2.45, 2.75) is 20.4 Å². The smallest absolute Gasteiger partial charge is 0.194 e. The number of halogens is 1. The summed E-state index contributed by atoms with van der Waals surface area (Å²) in [5.74, 6) is 2.01. The van der Waals surface area contributed by atoms with Gasteiger partial charge in [0.25, 0.3) is 0 Å². The average molecular weight is 472 g/mol. The maximum atomic E-state index is 4.48. The van der Waals surface area contributed by atoms with Gasteiger partial charge in [0.1, 0.15) is 5.82 Å². The number of aliphatic imine (C=N–C) groups is 1. The molecule has 0 unspecified atom stereocenters. The Hall–Kier alpha value is -1.42. The number of nitrogens with one attached hydrogen (secondary N) is 1. The molecule has 2 aromatic heterocycles. The molecule has 0 amide bonds. The maximum Gasteiger partial charge on any atom is 0.194 e. The van der Waals surface area contributed by atoms with E-state index < -0.39 is 0 Å². The molecular formula is C17H25IN6S. The molecule has 0 atom stereocenters. The maximum absolute atomic E-state index is 4.48. The SMILES string of the molecule is CN=C(NCc1sc(C)nc1C)N1CCN(c2ccccn2)CC1.I. The quantitative estimate of drug-likeness (QED) is 0.423. The van der Waals surface area contributed by atoms with Crippen LogP contribution < -0.4 is 10.2 Å². The van der Waals surface area contributed by atoms with E-state index in [1.807, 2.05) is 32.3 Å². The predicted molar refractivity (Wildman–Crippen MR) is 115 cm³/mol. The number of pyridine rings is 1. The molecule has 136 valence electrons. The van der Waals surface area contributed by atoms with E-state index >= 15 is 0 Å². The number of hydrogen-bond acceptors (Lipinski definition) is 5. The summed E-state index contributed by atoms with van der Waals surface area (Å²) in [6.45, 7) is 8.69. The van der Waals surface area contributed by atoms with Crippen molar-refractivity contribution in [1.82, 2.24) is 20.2 Å². The highest BCUT2D eigenvalue weighted by atomic mass is 127. The molecule has 1 aliphatic heterocycles. The summed E-state index contributed by atoms with van der Waals surface area (Å²) in [5, 5.41) is 4.59. The summed E-state index contributed by atoms with van der Waals surface area (Å²) in [6.07, 6.45) is 1.85. The van der Waals surface area contributed by atoms with Gasteiger partial charge in [0.05, 0.1) is 17.2 Å². The first-order chi connectivity index (χ1) is 11.7. The Morgan fingerprint density at radius 3 is 2.56 bits per heavy atom. The van der Waals surface area contributed by atoms with Gasteiger partial charge in [0.15, 0.2) is 5.96 Å². The summed E-state index contributed by atoms with van der Waals surface area (Å²) in [7, 11) is 1.85. The van der Waals surface area contributed by atoms with Crippen LogP contribution >= 0.6 is 35.3 Å². The Labute approximate surface area is 170 Å². The fourth-order valence-corrected chi connectivity index (χ4v) is 3.79. The van der Waals surface area contributed by atoms with Crippen LogP contribution in [0.4, 0.5) is 5.82 Å². The Balaban J connectivity index is 0.00000225. The molecule has 1 N–H and O–H groups in total. The van der Waals surface area contributed by atoms with Crippen molar-refractivity contribution >= 4 is 47.1 Å². The zero-order chi connectivity index (χ0) is 16.9. The second-order valence-corrected chi connectivity index (χ2v) is 7.09. The van der Waals surface area contributed by atoms with Crippen LogP contribution in [0.25, 0.3) is 0 Å². The predicted octanol–water partition coefficient (Wildman–Crippen LogP) is 2.67. The number of guanidine groups is 1. The number of aryl methyl sites for hydroxylation is 2. The van der Waals surface area contributed by atoms with E-state index in [1.165, 1.54) is 4.88 Å². The van der Waals surface area contributed by atoms with Gasteiger partial charge in [-0.15, -0.1) is 35.3 Å². The van der Waals surface area contributed by atoms with Crippen molar-refractivity contribution in [1.29, 1.82) is 0 Å². The van der Waals surface area contributed by atoms with Crippen LogP contribution in [-0.4, -0.2) is 54.1 Å². The number of thiazole rings is 1. The Morgan fingerprint density at radius 2 is 2.00 bits per heavy atom. The fraction of sp³-hybridized carbons (Fsp3) is 0.471. The molecule has 0 saturated carbocycles. The minimum atomic E-state index is 0. The van der Waals surface area contributed by atoms with E-state index in [9.17, 15) is 0 Å². The normalized spacial score (nSPS) is 15.1. The third kappa shape index (κ3) is 5.04. The van der Waals surface area contributed by atoms with Crippen LogP contribution in [0.1, 0.15) is 15.6 Å². The first-order valence-corrected chi connectivity index (χ1v) is 9.03. The molecule has 1 saturated heterocycles. The van der Waals surface area contributed by atoms with Crippen LogP contribution in [0.15, 0.2) is 29.4 Å². The summed E-state index contributed by atoms with van der Waals surface area (Å²) < 4.78 is 0. The summed E-state index contributed by atoms with van der Waals surface area (Å²) in [4.78, 5) is 19.3. The molecule has 0 radical (unpaired) electrons. The van der Waals surface area contributed by atoms with E-state index in [0.29, 0.717) is 0 Å². The van der Waals surface area contributed by atoms with Crippen molar-refractivity contribution in [3.63, 3.8) is 0 Å². The highest BCUT2D eigenvalue weighted by molar-refractivity contribution is 14.0. The van der Waals surface area contributed by atoms with E-state index in [4.69, 9.17) is 0 Å². The first-order valence-electron chi connectivity index (χ1n) is 8.22. The summed E-state index contributed by atoms with van der Waals surface area (Å²) in [5.41, 5.74) is 1.11. The lowest BCUT2D eigenvalue weighted by Crippen LogP contribution is -2.52. The monoisotopic (exact) mass is 472 g/mol. The van der Waals surface area contributed by atoms with E-state index in [-0.39, 0.29) is 24.0 Å². The molecule has 0 bridgehead atoms. The van der Waals surface area contributed by atoms with Crippen molar-refractivity contribution in [3.8, 4) is 0 Å². The molecule has 0 spiro atoms. The largest absolute Gasteiger partial charge is 0.353 e. The number of hydrogen-bond donors (Lipinski definition) is 1. The van der Waals surface area contributed by atoms with Crippen LogP contribution in [0.2, 0.25) is 0 Å². The van der Waals surface area contributed by atoms with Crippen molar-refractivity contribution < 1.29 is 0 Å². The van der Waals surface area contributed by atoms with Gasteiger partial charge in [0, 0.05) is 44.3 Å². The third-order valence-electron chi connectivity index (χ3n) is 4.17. The van der Waals surface area contributed by atoms with Gasteiger partial charge in [0.2, 0.25) is 0 Å². The molecule has 1 aliphatic rings. The number of piperazine rings is 1. The second kappa shape index (κ2) is 9.33. The molecule has 6 nitrogen and oxygen atoms in total. The molecule has 1 fully saturated rings. The zero-order valence-electron chi connectivity index (χ0n) is 14.9. The second-order valence-electron chi connectivity index (χ2n) is 5.80. The van der Waals surface area contributed by atoms with Crippen LogP contribution in [0.5, 0.6) is 0 Å². The molecular weight excluding hydrogens is 447 g/mol. The first kappa shape index (κ1) is 19.9. The van der Waals surface area contributed by atoms with E-state index in [2.05, 4.69) is 43.1 Å². The van der Waals surface area contributed by atoms with Crippen molar-refractivity contribution in [2.24, 2.45) is 4.99 Å². The minimum absolute atomic E-state index is 0. The standard InChI is InChI=1S/C17H24N6S.HI/c1-13-15(24-14(2)21-13)12-20-17(18-3)23-10-8-22(9-11-23)16-6-4-5-7-19-16;/h4-7H,8-12H2,1-3H3,(H,18,20);1H. The third-order valence-corrected chi connectivity index (χ3v) is 5.24. The number of rotatable bonds is 3. The van der Waals surface area contributed by atoms with E-state index in [1.54, 1.807) is 11.3 Å².